The first-order valence-electron chi connectivity index (χ1n) is 15.5. The maximum atomic E-state index is 14.5. The Balaban J connectivity index is 1.37. The second-order valence-corrected chi connectivity index (χ2v) is 15.6. The zero-order chi connectivity index (χ0) is 37.8. The van der Waals surface area contributed by atoms with E-state index in [-0.39, 0.29) is 28.6 Å². The van der Waals surface area contributed by atoms with E-state index in [0.717, 1.165) is 28.1 Å². The summed E-state index contributed by atoms with van der Waals surface area (Å²) in [7, 11) is 2.49. The van der Waals surface area contributed by atoms with Crippen molar-refractivity contribution in [2.75, 3.05) is 24.1 Å². The van der Waals surface area contributed by atoms with E-state index in [4.69, 9.17) is 39.5 Å². The van der Waals surface area contributed by atoms with Crippen LogP contribution in [-0.2, 0) is 25.4 Å². The number of hydrazine groups is 1. The van der Waals surface area contributed by atoms with Gasteiger partial charge in [-0.3, -0.25) is 24.2 Å². The number of rotatable bonds is 5. The number of aromatic nitrogens is 1. The quantitative estimate of drug-likeness (QED) is 0.0975. The van der Waals surface area contributed by atoms with Crippen LogP contribution in [0.15, 0.2) is 60.2 Å². The Morgan fingerprint density at radius 2 is 1.69 bits per heavy atom. The fourth-order valence-electron chi connectivity index (χ4n) is 7.88. The van der Waals surface area contributed by atoms with E-state index in [1.165, 1.54) is 38.4 Å². The van der Waals surface area contributed by atoms with Gasteiger partial charge in [-0.25, -0.2) is 14.3 Å². The number of alkyl halides is 5. The van der Waals surface area contributed by atoms with Crippen LogP contribution in [0.4, 0.5) is 29.1 Å². The molecule has 6 atom stereocenters. The summed E-state index contributed by atoms with van der Waals surface area (Å²) in [6.45, 7) is 0. The van der Waals surface area contributed by atoms with Crippen molar-refractivity contribution in [3.63, 3.8) is 0 Å². The number of amides is 4. The third kappa shape index (κ3) is 5.12. The van der Waals surface area contributed by atoms with Gasteiger partial charge < -0.3 is 9.84 Å². The summed E-state index contributed by atoms with van der Waals surface area (Å²) in [5.74, 6) is -9.29. The van der Waals surface area contributed by atoms with Gasteiger partial charge >= 0.3 is 6.18 Å². The predicted octanol–water partition coefficient (Wildman–Crippen LogP) is 6.83. The zero-order valence-electron chi connectivity index (χ0n) is 26.7. The molecule has 3 heterocycles. The lowest BCUT2D eigenvalue weighted by Crippen LogP contribution is -2.60. The highest BCUT2D eigenvalue weighted by Gasteiger charge is 2.76. The van der Waals surface area contributed by atoms with Gasteiger partial charge in [-0.1, -0.05) is 23.3 Å². The number of pyridine rings is 1. The number of phenols is 1. The molecule has 0 radical (unpaired) electrons. The molecule has 4 aliphatic rings. The number of phenolic OH excluding ortho intramolecular Hbond substituents is 1. The van der Waals surface area contributed by atoms with Crippen molar-refractivity contribution in [3.8, 4) is 11.5 Å². The molecule has 3 fully saturated rings. The molecule has 6 unspecified atom stereocenters. The van der Waals surface area contributed by atoms with Gasteiger partial charge in [0.2, 0.25) is 0 Å². The third-order valence-corrected chi connectivity index (χ3v) is 12.7. The molecule has 18 heteroatoms. The summed E-state index contributed by atoms with van der Waals surface area (Å²) in [6.07, 6.45) is -3.65. The van der Waals surface area contributed by atoms with E-state index in [0.29, 0.717) is 25.8 Å². The second kappa shape index (κ2) is 12.5. The Bertz CT molecular complexity index is 2120. The number of carbonyl (C=O) groups is 4. The normalized spacial score (nSPS) is 28.5. The first-order chi connectivity index (χ1) is 24.4. The average molecular weight is 894 g/mol. The van der Waals surface area contributed by atoms with E-state index in [2.05, 4.69) is 4.98 Å². The number of fused-ring (bicyclic) bond motifs is 4. The molecule has 2 saturated heterocycles. The molecule has 1 aromatic heterocycles. The molecule has 272 valence electrons. The van der Waals surface area contributed by atoms with Crippen molar-refractivity contribution >= 4 is 92.5 Å². The Morgan fingerprint density at radius 3 is 2.33 bits per heavy atom. The first-order valence-corrected chi connectivity index (χ1v) is 17.7. The van der Waals surface area contributed by atoms with E-state index in [1.54, 1.807) is 6.08 Å². The van der Waals surface area contributed by atoms with Crippen LogP contribution < -0.4 is 14.6 Å². The fourth-order valence-corrected chi connectivity index (χ4v) is 9.67. The van der Waals surface area contributed by atoms with Gasteiger partial charge in [0.15, 0.2) is 27.1 Å². The van der Waals surface area contributed by atoms with Crippen molar-refractivity contribution in [1.82, 2.24) is 9.99 Å². The Morgan fingerprint density at radius 1 is 1.02 bits per heavy atom. The fraction of sp³-hybridized carbons (Fsp3) is 0.324. The van der Waals surface area contributed by atoms with Gasteiger partial charge in [0.1, 0.15) is 11.5 Å². The standard InChI is InChI=1S/C34H24Cl3F4IN4O6/c1-44(27-20(35)9-10-23(43-27)34(39,40)41)46-28(48)18-8-7-17-19(24(18)29(46)49)13-32(36)30(50)45(16-5-3-15(38)4-6-16)31(51)33(32,37)25(17)14-11-21(42)26(47)22(12-14)52-2/h3-7,9-12,18-19,24-25,47H,8,13H2,1-2H3. The third-order valence-electron chi connectivity index (χ3n) is 10.2. The van der Waals surface area contributed by atoms with Crippen LogP contribution in [0.1, 0.15) is 30.0 Å². The second-order valence-electron chi connectivity index (χ2n) is 12.8. The van der Waals surface area contributed by atoms with Gasteiger partial charge in [-0.15, -0.1) is 23.2 Å². The Kier molecular flexibility index (Phi) is 8.78. The number of allylic oxidation sites excluding steroid dienone is 2. The van der Waals surface area contributed by atoms with Crippen molar-refractivity contribution < 1.29 is 46.6 Å². The Hall–Kier alpha value is -3.67. The molecule has 0 spiro atoms. The average Bonchev–Trinajstić information content (AvgIpc) is 3.43. The molecular formula is C34H24Cl3F4IN4O6. The minimum Gasteiger partial charge on any atom is -0.504 e. The Labute approximate surface area is 321 Å². The SMILES string of the molecule is COc1cc(C2C3=CCC4C(=O)N(N(C)c5nc(C(F)(F)F)ccc5Cl)C(=O)C4C3CC3(Cl)C(=O)N(c4ccc(F)cc4)C(=O)C23Cl)cc(I)c1O. The van der Waals surface area contributed by atoms with Crippen molar-refractivity contribution in [2.45, 2.75) is 34.7 Å². The van der Waals surface area contributed by atoms with Crippen LogP contribution >= 0.6 is 57.4 Å². The van der Waals surface area contributed by atoms with Crippen LogP contribution in [0.5, 0.6) is 11.5 Å². The van der Waals surface area contributed by atoms with Crippen molar-refractivity contribution in [1.29, 1.82) is 0 Å². The summed E-state index contributed by atoms with van der Waals surface area (Å²) in [6, 6.07) is 9.11. The highest BCUT2D eigenvalue weighted by molar-refractivity contribution is 14.1. The zero-order valence-corrected chi connectivity index (χ0v) is 31.1. The first kappa shape index (κ1) is 36.7. The molecule has 3 aromatic rings. The molecule has 0 bridgehead atoms. The number of aromatic hydroxyl groups is 1. The largest absolute Gasteiger partial charge is 0.504 e. The van der Waals surface area contributed by atoms with Crippen LogP contribution in [0, 0.1) is 27.1 Å². The summed E-state index contributed by atoms with van der Waals surface area (Å²) >= 11 is 22.8. The summed E-state index contributed by atoms with van der Waals surface area (Å²) < 4.78 is 60.3. The van der Waals surface area contributed by atoms with E-state index < -0.39 is 87.0 Å². The minimum atomic E-state index is -4.85. The van der Waals surface area contributed by atoms with Gasteiger partial charge in [0, 0.05) is 13.0 Å². The van der Waals surface area contributed by atoms with Gasteiger partial charge in [-0.05, 0) is 95.4 Å². The smallest absolute Gasteiger partial charge is 0.433 e. The molecule has 2 aliphatic carbocycles. The summed E-state index contributed by atoms with van der Waals surface area (Å²) in [5, 5.41) is 11.9. The lowest BCUT2D eigenvalue weighted by atomic mass is 9.56. The molecule has 2 aromatic carbocycles. The lowest BCUT2D eigenvalue weighted by Gasteiger charge is -2.50. The molecule has 1 N–H and O–H groups in total. The molecule has 52 heavy (non-hydrogen) atoms. The highest BCUT2D eigenvalue weighted by atomic mass is 127. The number of carbonyl (C=O) groups excluding carboxylic acids is 4. The monoisotopic (exact) mass is 892 g/mol. The minimum absolute atomic E-state index is 0.0105. The molecule has 7 rings (SSSR count). The number of hydrogen-bond donors (Lipinski definition) is 1. The number of methoxy groups -OCH3 is 1. The van der Waals surface area contributed by atoms with Crippen LogP contribution in [0.2, 0.25) is 5.02 Å². The number of imide groups is 2. The van der Waals surface area contributed by atoms with Crippen LogP contribution in [-0.4, -0.2) is 62.6 Å². The number of halogens is 8. The van der Waals surface area contributed by atoms with Gasteiger partial charge in [0.05, 0.1) is 33.2 Å². The number of hydrogen-bond acceptors (Lipinski definition) is 8. The summed E-state index contributed by atoms with van der Waals surface area (Å²) in [4.78, 5) is 57.2. The molecule has 1 saturated carbocycles. The molecule has 10 nitrogen and oxygen atoms in total. The number of ether oxygens (including phenoxy) is 1. The maximum absolute atomic E-state index is 14.5. The van der Waals surface area contributed by atoms with E-state index in [9.17, 15) is 41.8 Å². The number of anilines is 2. The van der Waals surface area contributed by atoms with Crippen LogP contribution in [0.3, 0.4) is 0 Å². The highest BCUT2D eigenvalue weighted by Crippen LogP contribution is 2.66. The molecule has 2 aliphatic heterocycles. The topological polar surface area (TPSA) is 120 Å². The number of nitrogens with zero attached hydrogens (tertiary/aromatic N) is 4. The van der Waals surface area contributed by atoms with Gasteiger partial charge in [0.25, 0.3) is 23.6 Å². The van der Waals surface area contributed by atoms with E-state index in [1.807, 2.05) is 22.6 Å². The maximum Gasteiger partial charge on any atom is 0.433 e. The van der Waals surface area contributed by atoms with Crippen LogP contribution in [0.25, 0.3) is 0 Å². The van der Waals surface area contributed by atoms with Gasteiger partial charge in [-0.2, -0.15) is 18.2 Å². The summed E-state index contributed by atoms with van der Waals surface area (Å²) in [5.41, 5.74) is -0.617. The molecular weight excluding hydrogens is 870 g/mol. The van der Waals surface area contributed by atoms with Crippen molar-refractivity contribution in [3.05, 3.63) is 85.8 Å². The molecule has 4 amide bonds. The predicted molar refractivity (Wildman–Crippen MR) is 188 cm³/mol. The van der Waals surface area contributed by atoms with E-state index >= 15 is 0 Å². The number of benzene rings is 2. The van der Waals surface area contributed by atoms with Crippen molar-refractivity contribution in [2.24, 2.45) is 17.8 Å². The lowest BCUT2D eigenvalue weighted by molar-refractivity contribution is -0.141.